The molecule has 2 aromatic rings. The van der Waals surface area contributed by atoms with Gasteiger partial charge >= 0.3 is 6.61 Å². The number of carbonyl (C=O) groups excluding carboxylic acids is 2. The Hall–Kier alpha value is -3.23. The molecular weight excluding hydrogens is 324 g/mol. The Labute approximate surface area is 133 Å². The third-order valence-electron chi connectivity index (χ3n) is 3.59. The number of nitrogens with zero attached hydrogens (tertiary/aromatic N) is 1. The Balaban J connectivity index is 2.18. The van der Waals surface area contributed by atoms with Crippen LogP contribution in [0.4, 0.5) is 14.6 Å². The third kappa shape index (κ3) is 2.39. The van der Waals surface area contributed by atoms with Crippen LogP contribution in [0.25, 0.3) is 5.69 Å². The molecule has 7 nitrogen and oxygen atoms in total. The molecule has 0 spiro atoms. The molecule has 0 aliphatic carbocycles. The van der Waals surface area contributed by atoms with Crippen LogP contribution in [0.2, 0.25) is 0 Å². The van der Waals surface area contributed by atoms with E-state index in [1.165, 1.54) is 18.2 Å². The fraction of sp³-hybridized carbons (Fsp3) is 0.133. The summed E-state index contributed by atoms with van der Waals surface area (Å²) in [6.45, 7) is -1.41. The molecule has 1 aliphatic rings. The number of aryl methyl sites for hydroxylation is 1. The lowest BCUT2D eigenvalue weighted by Crippen LogP contribution is -2.24. The molecular formula is C15H11F2N3O4. The van der Waals surface area contributed by atoms with Gasteiger partial charge in [-0.1, -0.05) is 0 Å². The van der Waals surface area contributed by atoms with Crippen LogP contribution in [0.15, 0.2) is 29.1 Å². The van der Waals surface area contributed by atoms with E-state index in [1.807, 2.05) is 0 Å². The molecule has 1 aromatic heterocycles. The highest BCUT2D eigenvalue weighted by atomic mass is 19.3. The molecule has 3 rings (SSSR count). The summed E-state index contributed by atoms with van der Waals surface area (Å²) in [5.41, 5.74) is 5.81. The maximum Gasteiger partial charge on any atom is 0.387 e. The first-order valence-corrected chi connectivity index (χ1v) is 6.76. The van der Waals surface area contributed by atoms with Gasteiger partial charge in [-0.05, 0) is 30.7 Å². The minimum atomic E-state index is -2.97. The van der Waals surface area contributed by atoms with Crippen molar-refractivity contribution in [3.05, 3.63) is 51.3 Å². The molecule has 2 heterocycles. The monoisotopic (exact) mass is 335 g/mol. The van der Waals surface area contributed by atoms with Crippen LogP contribution < -0.4 is 21.3 Å². The summed E-state index contributed by atoms with van der Waals surface area (Å²) in [6.07, 6.45) is 0. The highest BCUT2D eigenvalue weighted by Crippen LogP contribution is 2.26. The minimum Gasteiger partial charge on any atom is -0.435 e. The van der Waals surface area contributed by atoms with E-state index in [0.717, 1.165) is 10.6 Å². The first-order chi connectivity index (χ1) is 11.3. The maximum atomic E-state index is 12.3. The molecule has 24 heavy (non-hydrogen) atoms. The zero-order valence-electron chi connectivity index (χ0n) is 12.3. The number of hydrogen-bond donors (Lipinski definition) is 2. The third-order valence-corrected chi connectivity index (χ3v) is 3.59. The number of nitrogens with two attached hydrogens (primary N) is 1. The van der Waals surface area contributed by atoms with Crippen molar-refractivity contribution in [2.75, 3.05) is 5.73 Å². The molecule has 0 saturated heterocycles. The Bertz CT molecular complexity index is 937. The van der Waals surface area contributed by atoms with Crippen molar-refractivity contribution < 1.29 is 23.1 Å². The fourth-order valence-corrected chi connectivity index (χ4v) is 2.58. The van der Waals surface area contributed by atoms with E-state index in [1.54, 1.807) is 6.92 Å². The van der Waals surface area contributed by atoms with Crippen LogP contribution in [-0.2, 0) is 0 Å². The lowest BCUT2D eigenvalue weighted by atomic mass is 10.1. The number of alkyl halides is 2. The molecule has 124 valence electrons. The first kappa shape index (κ1) is 15.7. The van der Waals surface area contributed by atoms with Crippen LogP contribution in [0.1, 0.15) is 26.3 Å². The molecule has 1 aromatic carbocycles. The summed E-state index contributed by atoms with van der Waals surface area (Å²) in [5.74, 6) is -1.67. The van der Waals surface area contributed by atoms with Crippen molar-refractivity contribution in [3.8, 4) is 11.4 Å². The zero-order chi connectivity index (χ0) is 17.6. The number of ether oxygens (including phenoxy) is 1. The van der Waals surface area contributed by atoms with Gasteiger partial charge in [0, 0.05) is 6.07 Å². The summed E-state index contributed by atoms with van der Waals surface area (Å²) in [5, 5.41) is 2.06. The second-order valence-electron chi connectivity index (χ2n) is 5.10. The standard InChI is InChI=1S/C15H11F2N3O4/c1-6-4-7(24-15(16)17)2-3-9(6)20-10(21)5-8-11(12(20)18)14(23)19-13(8)22/h2-5,15H,18H2,1H3,(H,19,22,23). The molecule has 1 aliphatic heterocycles. The summed E-state index contributed by atoms with van der Waals surface area (Å²) in [4.78, 5) is 35.7. The molecule has 0 unspecified atom stereocenters. The van der Waals surface area contributed by atoms with Crippen molar-refractivity contribution in [2.45, 2.75) is 13.5 Å². The van der Waals surface area contributed by atoms with Gasteiger partial charge in [-0.25, -0.2) is 0 Å². The Kier molecular flexibility index (Phi) is 3.55. The highest BCUT2D eigenvalue weighted by molar-refractivity contribution is 6.23. The average molecular weight is 335 g/mol. The summed E-state index contributed by atoms with van der Waals surface area (Å²) >= 11 is 0. The van der Waals surface area contributed by atoms with Crippen LogP contribution in [0.3, 0.4) is 0 Å². The largest absolute Gasteiger partial charge is 0.435 e. The zero-order valence-corrected chi connectivity index (χ0v) is 12.3. The Morgan fingerprint density at radius 2 is 1.88 bits per heavy atom. The van der Waals surface area contributed by atoms with Crippen LogP contribution in [0.5, 0.6) is 5.75 Å². The number of rotatable bonds is 3. The van der Waals surface area contributed by atoms with Gasteiger partial charge in [-0.2, -0.15) is 8.78 Å². The van der Waals surface area contributed by atoms with E-state index >= 15 is 0 Å². The van der Waals surface area contributed by atoms with Crippen molar-refractivity contribution in [2.24, 2.45) is 0 Å². The molecule has 0 atom stereocenters. The van der Waals surface area contributed by atoms with Gasteiger partial charge in [0.2, 0.25) is 0 Å². The van der Waals surface area contributed by atoms with E-state index in [0.29, 0.717) is 5.56 Å². The van der Waals surface area contributed by atoms with Crippen molar-refractivity contribution >= 4 is 17.6 Å². The van der Waals surface area contributed by atoms with E-state index in [4.69, 9.17) is 5.73 Å². The predicted molar refractivity (Wildman–Crippen MR) is 79.6 cm³/mol. The molecule has 0 radical (unpaired) electrons. The van der Waals surface area contributed by atoms with Gasteiger partial charge in [-0.15, -0.1) is 0 Å². The van der Waals surface area contributed by atoms with Crippen LogP contribution >= 0.6 is 0 Å². The predicted octanol–water partition coefficient (Wildman–Crippen LogP) is 1.21. The van der Waals surface area contributed by atoms with Gasteiger partial charge in [0.25, 0.3) is 17.4 Å². The number of hydrogen-bond acceptors (Lipinski definition) is 5. The smallest absolute Gasteiger partial charge is 0.387 e. The van der Waals surface area contributed by atoms with Gasteiger partial charge < -0.3 is 10.5 Å². The van der Waals surface area contributed by atoms with Gasteiger partial charge in [-0.3, -0.25) is 24.3 Å². The second kappa shape index (κ2) is 5.44. The summed E-state index contributed by atoms with van der Waals surface area (Å²) < 4.78 is 29.9. The van der Waals surface area contributed by atoms with E-state index in [9.17, 15) is 23.2 Å². The molecule has 2 amide bonds. The first-order valence-electron chi connectivity index (χ1n) is 6.76. The molecule has 0 bridgehead atoms. The Morgan fingerprint density at radius 3 is 2.50 bits per heavy atom. The molecule has 3 N–H and O–H groups in total. The minimum absolute atomic E-state index is 0.0769. The second-order valence-corrected chi connectivity index (χ2v) is 5.10. The van der Waals surface area contributed by atoms with Crippen molar-refractivity contribution in [1.29, 1.82) is 0 Å². The molecule has 0 fully saturated rings. The Morgan fingerprint density at radius 1 is 1.17 bits per heavy atom. The summed E-state index contributed by atoms with van der Waals surface area (Å²) in [6, 6.07) is 4.94. The number of benzene rings is 1. The average Bonchev–Trinajstić information content (AvgIpc) is 2.75. The topological polar surface area (TPSA) is 103 Å². The fourth-order valence-electron chi connectivity index (χ4n) is 2.58. The van der Waals surface area contributed by atoms with Crippen LogP contribution in [0, 0.1) is 6.92 Å². The van der Waals surface area contributed by atoms with Crippen molar-refractivity contribution in [1.82, 2.24) is 9.88 Å². The summed E-state index contributed by atoms with van der Waals surface area (Å²) in [7, 11) is 0. The molecule has 0 saturated carbocycles. The van der Waals surface area contributed by atoms with E-state index in [-0.39, 0.29) is 28.4 Å². The number of anilines is 1. The van der Waals surface area contributed by atoms with E-state index < -0.39 is 24.0 Å². The lowest BCUT2D eigenvalue weighted by Gasteiger charge is -2.15. The van der Waals surface area contributed by atoms with Crippen LogP contribution in [-0.4, -0.2) is 23.0 Å². The maximum absolute atomic E-state index is 12.3. The quantitative estimate of drug-likeness (QED) is 0.821. The van der Waals surface area contributed by atoms with Gasteiger partial charge in [0.15, 0.2) is 0 Å². The van der Waals surface area contributed by atoms with Gasteiger partial charge in [0.05, 0.1) is 16.8 Å². The number of halogens is 2. The number of fused-ring (bicyclic) bond motifs is 1. The van der Waals surface area contributed by atoms with Gasteiger partial charge in [0.1, 0.15) is 11.6 Å². The number of carbonyl (C=O) groups is 2. The highest BCUT2D eigenvalue weighted by Gasteiger charge is 2.32. The normalized spacial score (nSPS) is 13.2. The number of aromatic nitrogens is 1. The van der Waals surface area contributed by atoms with E-state index in [2.05, 4.69) is 10.1 Å². The number of amides is 2. The van der Waals surface area contributed by atoms with Crippen molar-refractivity contribution in [3.63, 3.8) is 0 Å². The molecule has 9 heteroatoms. The number of nitrogens with one attached hydrogen (secondary N) is 1. The number of imide groups is 1. The number of nitrogen functional groups attached to an aromatic ring is 1. The SMILES string of the molecule is Cc1cc(OC(F)F)ccc1-n1c(N)c2c(cc1=O)C(=O)NC2=O. The number of pyridine rings is 1. The lowest BCUT2D eigenvalue weighted by molar-refractivity contribution is -0.0498.